The van der Waals surface area contributed by atoms with E-state index in [9.17, 15) is 0 Å². The van der Waals surface area contributed by atoms with Crippen molar-refractivity contribution in [3.8, 4) is 0 Å². The van der Waals surface area contributed by atoms with Crippen LogP contribution < -0.4 is 5.32 Å². The summed E-state index contributed by atoms with van der Waals surface area (Å²) in [4.78, 5) is 2.61. The Hall–Kier alpha value is -0.0800. The molecule has 0 aromatic heterocycles. The second-order valence-corrected chi connectivity index (χ2v) is 4.13. The lowest BCUT2D eigenvalue weighted by Crippen LogP contribution is -2.54. The van der Waals surface area contributed by atoms with Gasteiger partial charge in [0.1, 0.15) is 0 Å². The van der Waals surface area contributed by atoms with Gasteiger partial charge in [-0.25, -0.2) is 0 Å². The molecule has 0 saturated carbocycles. The van der Waals surface area contributed by atoms with Crippen LogP contribution in [0.4, 0.5) is 0 Å². The molecule has 0 radical (unpaired) electrons. The maximum atomic E-state index is 3.38. The number of hydrogen-bond donors (Lipinski definition) is 1. The number of nitrogens with one attached hydrogen (secondary N) is 1. The Kier molecular flexibility index (Phi) is 4.20. The summed E-state index contributed by atoms with van der Waals surface area (Å²) in [6.45, 7) is 12.8. The molecule has 2 rings (SSSR count). The minimum Gasteiger partial charge on any atom is -0.315 e. The number of nitrogens with zero attached hydrogens (tertiary/aromatic N) is 1. The first kappa shape index (κ1) is 11.0. The quantitative estimate of drug-likeness (QED) is 0.703. The van der Waals surface area contributed by atoms with Crippen LogP contribution >= 0.6 is 0 Å². The maximum Gasteiger partial charge on any atom is 0.00918 e. The molecule has 13 heavy (non-hydrogen) atoms. The summed E-state index contributed by atoms with van der Waals surface area (Å²) < 4.78 is 0. The molecule has 78 valence electrons. The van der Waals surface area contributed by atoms with Crippen LogP contribution in [0.25, 0.3) is 0 Å². The minimum atomic E-state index is 0.704. The summed E-state index contributed by atoms with van der Waals surface area (Å²) in [6, 6.07) is 0. The van der Waals surface area contributed by atoms with Gasteiger partial charge in [0.2, 0.25) is 0 Å². The molecule has 2 heterocycles. The zero-order valence-electron chi connectivity index (χ0n) is 9.40. The summed E-state index contributed by atoms with van der Waals surface area (Å²) in [5.74, 6) is 0. The molecule has 0 aromatic rings. The fourth-order valence-corrected chi connectivity index (χ4v) is 2.30. The Balaban J connectivity index is 0.000000396. The van der Waals surface area contributed by atoms with E-state index in [0.717, 1.165) is 0 Å². The van der Waals surface area contributed by atoms with Gasteiger partial charge in [0, 0.05) is 25.0 Å². The second-order valence-electron chi connectivity index (χ2n) is 4.13. The lowest BCUT2D eigenvalue weighted by Gasteiger charge is -2.39. The van der Waals surface area contributed by atoms with Crippen molar-refractivity contribution in [2.24, 2.45) is 5.41 Å². The SMILES string of the molecule is CC.CCCN1CCC2(CNC2)C1. The van der Waals surface area contributed by atoms with Gasteiger partial charge >= 0.3 is 0 Å². The molecule has 0 unspecified atom stereocenters. The predicted molar refractivity (Wildman–Crippen MR) is 58.0 cm³/mol. The van der Waals surface area contributed by atoms with Gasteiger partial charge in [-0.15, -0.1) is 0 Å². The first-order valence-electron chi connectivity index (χ1n) is 5.78. The Morgan fingerprint density at radius 3 is 2.38 bits per heavy atom. The van der Waals surface area contributed by atoms with Gasteiger partial charge in [-0.05, 0) is 25.9 Å². The van der Waals surface area contributed by atoms with E-state index in [1.54, 1.807) is 0 Å². The van der Waals surface area contributed by atoms with E-state index in [-0.39, 0.29) is 0 Å². The van der Waals surface area contributed by atoms with Crippen LogP contribution in [0.15, 0.2) is 0 Å². The minimum absolute atomic E-state index is 0.704. The highest BCUT2D eigenvalue weighted by Gasteiger charge is 2.42. The Bertz CT molecular complexity index is 141. The van der Waals surface area contributed by atoms with E-state index in [1.807, 2.05) is 13.8 Å². The van der Waals surface area contributed by atoms with Gasteiger partial charge in [-0.3, -0.25) is 0 Å². The van der Waals surface area contributed by atoms with Crippen molar-refractivity contribution in [2.75, 3.05) is 32.7 Å². The van der Waals surface area contributed by atoms with E-state index >= 15 is 0 Å². The smallest absolute Gasteiger partial charge is 0.00918 e. The third-order valence-corrected chi connectivity index (χ3v) is 3.06. The molecule has 2 aliphatic rings. The van der Waals surface area contributed by atoms with Crippen molar-refractivity contribution < 1.29 is 0 Å². The molecule has 0 bridgehead atoms. The number of hydrogen-bond acceptors (Lipinski definition) is 2. The largest absolute Gasteiger partial charge is 0.315 e. The summed E-state index contributed by atoms with van der Waals surface area (Å²) in [5.41, 5.74) is 0.704. The molecule has 0 atom stereocenters. The molecular formula is C11H24N2. The highest BCUT2D eigenvalue weighted by atomic mass is 15.2. The van der Waals surface area contributed by atoms with Crippen LogP contribution in [0.3, 0.4) is 0 Å². The normalized spacial score (nSPS) is 25.2. The van der Waals surface area contributed by atoms with Crippen molar-refractivity contribution in [1.29, 1.82) is 0 Å². The summed E-state index contributed by atoms with van der Waals surface area (Å²) in [7, 11) is 0. The Morgan fingerprint density at radius 2 is 2.00 bits per heavy atom. The topological polar surface area (TPSA) is 15.3 Å². The third kappa shape index (κ3) is 2.44. The monoisotopic (exact) mass is 184 g/mol. The molecule has 2 heteroatoms. The zero-order valence-corrected chi connectivity index (χ0v) is 9.40. The van der Waals surface area contributed by atoms with Crippen molar-refractivity contribution in [3.63, 3.8) is 0 Å². The average molecular weight is 184 g/mol. The van der Waals surface area contributed by atoms with Gasteiger partial charge in [0.05, 0.1) is 0 Å². The van der Waals surface area contributed by atoms with Crippen LogP contribution in [0, 0.1) is 5.41 Å². The molecule has 2 aliphatic heterocycles. The standard InChI is InChI=1S/C9H18N2.C2H6/c1-2-4-11-5-3-9(8-11)6-10-7-9;1-2/h10H,2-8H2,1H3;1-2H3. The fraction of sp³-hybridized carbons (Fsp3) is 1.00. The van der Waals surface area contributed by atoms with E-state index in [1.165, 1.54) is 45.6 Å². The summed E-state index contributed by atoms with van der Waals surface area (Å²) in [5, 5.41) is 3.38. The highest BCUT2D eigenvalue weighted by Crippen LogP contribution is 2.33. The van der Waals surface area contributed by atoms with E-state index in [4.69, 9.17) is 0 Å². The highest BCUT2D eigenvalue weighted by molar-refractivity contribution is 4.99. The van der Waals surface area contributed by atoms with E-state index < -0.39 is 0 Å². The lowest BCUT2D eigenvalue weighted by molar-refractivity contribution is 0.169. The average Bonchev–Trinajstić information content (AvgIpc) is 2.53. The molecule has 1 spiro atoms. The van der Waals surface area contributed by atoms with E-state index in [0.29, 0.717) is 5.41 Å². The van der Waals surface area contributed by atoms with E-state index in [2.05, 4.69) is 17.1 Å². The van der Waals surface area contributed by atoms with Crippen LogP contribution in [0.5, 0.6) is 0 Å². The molecule has 1 N–H and O–H groups in total. The Labute approximate surface area is 82.7 Å². The van der Waals surface area contributed by atoms with Gasteiger partial charge < -0.3 is 10.2 Å². The van der Waals surface area contributed by atoms with Crippen molar-refractivity contribution >= 4 is 0 Å². The molecule has 0 aliphatic carbocycles. The van der Waals surface area contributed by atoms with Gasteiger partial charge in [0.15, 0.2) is 0 Å². The molecular weight excluding hydrogens is 160 g/mol. The lowest BCUT2D eigenvalue weighted by atomic mass is 9.81. The first-order chi connectivity index (χ1) is 6.35. The molecule has 2 fully saturated rings. The Morgan fingerprint density at radius 1 is 1.31 bits per heavy atom. The number of likely N-dealkylation sites (tertiary alicyclic amines) is 1. The predicted octanol–water partition coefficient (Wildman–Crippen LogP) is 1.72. The van der Waals surface area contributed by atoms with Crippen LogP contribution in [0.2, 0.25) is 0 Å². The molecule has 2 saturated heterocycles. The molecule has 0 aromatic carbocycles. The third-order valence-electron chi connectivity index (χ3n) is 3.06. The summed E-state index contributed by atoms with van der Waals surface area (Å²) in [6.07, 6.45) is 2.74. The molecule has 0 amide bonds. The van der Waals surface area contributed by atoms with Crippen LogP contribution in [-0.4, -0.2) is 37.6 Å². The number of rotatable bonds is 2. The van der Waals surface area contributed by atoms with Gasteiger partial charge in [0.25, 0.3) is 0 Å². The zero-order chi connectivity index (χ0) is 9.73. The maximum absolute atomic E-state index is 3.38. The second kappa shape index (κ2) is 4.97. The summed E-state index contributed by atoms with van der Waals surface area (Å²) >= 11 is 0. The van der Waals surface area contributed by atoms with Crippen LogP contribution in [0.1, 0.15) is 33.6 Å². The molecule has 2 nitrogen and oxygen atoms in total. The fourth-order valence-electron chi connectivity index (χ4n) is 2.30. The van der Waals surface area contributed by atoms with Crippen molar-refractivity contribution in [2.45, 2.75) is 33.6 Å². The van der Waals surface area contributed by atoms with Gasteiger partial charge in [-0.1, -0.05) is 20.8 Å². The van der Waals surface area contributed by atoms with Gasteiger partial charge in [-0.2, -0.15) is 0 Å². The van der Waals surface area contributed by atoms with Crippen LogP contribution in [-0.2, 0) is 0 Å². The van der Waals surface area contributed by atoms with Crippen molar-refractivity contribution in [3.05, 3.63) is 0 Å². The van der Waals surface area contributed by atoms with Crippen molar-refractivity contribution in [1.82, 2.24) is 10.2 Å². The first-order valence-corrected chi connectivity index (χ1v) is 5.78.